The predicted octanol–water partition coefficient (Wildman–Crippen LogP) is 13.5. The first-order chi connectivity index (χ1) is 26.3. The molecule has 4 heteroatoms. The molecule has 2 heterocycles. The molecule has 0 unspecified atom stereocenters. The van der Waals surface area contributed by atoms with Gasteiger partial charge < -0.3 is 0 Å². The van der Waals surface area contributed by atoms with E-state index in [1.165, 1.54) is 74.7 Å². The molecular weight excluding hydrogens is 663 g/mol. The highest BCUT2D eigenvalue weighted by molar-refractivity contribution is 7.26. The highest BCUT2D eigenvalue weighted by Crippen LogP contribution is 2.45. The molecule has 0 atom stereocenters. The van der Waals surface area contributed by atoms with Crippen LogP contribution in [0.5, 0.6) is 0 Å². The Hall–Kier alpha value is -6.75. The Labute approximate surface area is 309 Å². The summed E-state index contributed by atoms with van der Waals surface area (Å²) < 4.78 is 2.41. The normalized spacial score (nSPS) is 11.8. The van der Waals surface area contributed by atoms with E-state index in [2.05, 4.69) is 140 Å². The molecule has 0 saturated carbocycles. The fourth-order valence-corrected chi connectivity index (χ4v) is 9.23. The molecule has 0 aliphatic heterocycles. The van der Waals surface area contributed by atoms with Crippen LogP contribution in [0.4, 0.5) is 0 Å². The summed E-state index contributed by atoms with van der Waals surface area (Å²) in [5.74, 6) is 2.00. The Bertz CT molecular complexity index is 3080. The Morgan fingerprint density at radius 2 is 0.830 bits per heavy atom. The van der Waals surface area contributed by atoms with E-state index in [4.69, 9.17) is 15.0 Å². The summed E-state index contributed by atoms with van der Waals surface area (Å²) in [5.41, 5.74) is 7.77. The summed E-state index contributed by atoms with van der Waals surface area (Å²) in [6.07, 6.45) is 0. The number of hydrogen-bond donors (Lipinski definition) is 0. The molecule has 246 valence electrons. The van der Waals surface area contributed by atoms with Gasteiger partial charge in [-0.25, -0.2) is 15.0 Å². The van der Waals surface area contributed by atoms with E-state index >= 15 is 0 Å². The topological polar surface area (TPSA) is 38.7 Å². The van der Waals surface area contributed by atoms with E-state index in [0.717, 1.165) is 16.7 Å². The highest BCUT2D eigenvalue weighted by atomic mass is 32.1. The number of fused-ring (bicyclic) bond motifs is 3. The molecule has 0 aliphatic rings. The molecule has 0 saturated heterocycles. The van der Waals surface area contributed by atoms with E-state index in [1.807, 2.05) is 36.4 Å². The standard InChI is InChI=1S/C49H29N3S/c1-3-10-35(11-4-1)47-50-48(36-12-5-2-6-13-36)52-49(51-47)41-29-28-38(45-40-16-7-8-17-42(40)53-46(41)45)31-20-18-30(19-21-31)37-26-24-34-23-22-32-14-9-15-33-25-27-39(37)44(34)43(32)33/h1-29H. The van der Waals surface area contributed by atoms with Crippen molar-refractivity contribution in [2.24, 2.45) is 0 Å². The molecule has 11 aromatic rings. The number of benzene rings is 9. The second-order valence-electron chi connectivity index (χ2n) is 13.5. The van der Waals surface area contributed by atoms with Crippen LogP contribution in [-0.4, -0.2) is 15.0 Å². The smallest absolute Gasteiger partial charge is 0.165 e. The van der Waals surface area contributed by atoms with E-state index in [9.17, 15) is 0 Å². The van der Waals surface area contributed by atoms with Crippen LogP contribution in [0.15, 0.2) is 176 Å². The van der Waals surface area contributed by atoms with E-state index < -0.39 is 0 Å². The maximum atomic E-state index is 5.11. The fourth-order valence-electron chi connectivity index (χ4n) is 7.99. The number of rotatable bonds is 5. The maximum Gasteiger partial charge on any atom is 0.165 e. The van der Waals surface area contributed by atoms with E-state index in [0.29, 0.717) is 17.5 Å². The van der Waals surface area contributed by atoms with Gasteiger partial charge >= 0.3 is 0 Å². The van der Waals surface area contributed by atoms with Gasteiger partial charge in [-0.05, 0) is 66.7 Å². The van der Waals surface area contributed by atoms with Crippen LogP contribution in [0.2, 0.25) is 0 Å². The van der Waals surface area contributed by atoms with Gasteiger partial charge in [-0.3, -0.25) is 0 Å². The van der Waals surface area contributed by atoms with Gasteiger partial charge in [0, 0.05) is 36.9 Å². The third-order valence-corrected chi connectivity index (χ3v) is 11.7. The molecule has 0 bridgehead atoms. The largest absolute Gasteiger partial charge is 0.208 e. The third-order valence-electron chi connectivity index (χ3n) is 10.5. The molecule has 0 aliphatic carbocycles. The number of nitrogens with zero attached hydrogens (tertiary/aromatic N) is 3. The molecule has 0 amide bonds. The molecule has 2 aromatic heterocycles. The Balaban J connectivity index is 1.07. The minimum absolute atomic E-state index is 0.662. The Morgan fingerprint density at radius 1 is 0.302 bits per heavy atom. The van der Waals surface area contributed by atoms with Gasteiger partial charge in [-0.1, -0.05) is 164 Å². The fraction of sp³-hybridized carbons (Fsp3) is 0. The SMILES string of the molecule is c1ccc(-c2nc(-c3ccccc3)nc(-c3ccc(-c4ccc(-c5ccc6ccc7cccc8ccc5c6c78)cc4)c4c3sc3ccccc34)n2)cc1. The summed E-state index contributed by atoms with van der Waals surface area (Å²) in [6.45, 7) is 0. The van der Waals surface area contributed by atoms with E-state index in [1.54, 1.807) is 11.3 Å². The van der Waals surface area contributed by atoms with Crippen molar-refractivity contribution < 1.29 is 0 Å². The first-order valence-corrected chi connectivity index (χ1v) is 18.7. The average Bonchev–Trinajstić information content (AvgIpc) is 3.63. The van der Waals surface area contributed by atoms with Crippen LogP contribution in [-0.2, 0) is 0 Å². The van der Waals surface area contributed by atoms with Crippen LogP contribution < -0.4 is 0 Å². The predicted molar refractivity (Wildman–Crippen MR) is 224 cm³/mol. The van der Waals surface area contributed by atoms with Crippen molar-refractivity contribution in [3.8, 4) is 56.4 Å². The Morgan fingerprint density at radius 3 is 1.53 bits per heavy atom. The van der Waals surface area contributed by atoms with Gasteiger partial charge in [0.25, 0.3) is 0 Å². The van der Waals surface area contributed by atoms with Crippen molar-refractivity contribution >= 4 is 63.8 Å². The van der Waals surface area contributed by atoms with Gasteiger partial charge in [-0.2, -0.15) is 0 Å². The first kappa shape index (κ1) is 29.9. The van der Waals surface area contributed by atoms with Gasteiger partial charge in [0.15, 0.2) is 17.5 Å². The average molecular weight is 692 g/mol. The minimum atomic E-state index is 0.662. The van der Waals surface area contributed by atoms with Crippen LogP contribution in [0.1, 0.15) is 0 Å². The highest BCUT2D eigenvalue weighted by Gasteiger charge is 2.20. The van der Waals surface area contributed by atoms with Crippen LogP contribution >= 0.6 is 11.3 Å². The molecular formula is C49H29N3S. The van der Waals surface area contributed by atoms with E-state index in [-0.39, 0.29) is 0 Å². The van der Waals surface area contributed by atoms with Crippen molar-refractivity contribution in [2.45, 2.75) is 0 Å². The summed E-state index contributed by atoms with van der Waals surface area (Å²) in [6, 6.07) is 62.8. The molecule has 0 fully saturated rings. The Kier molecular flexibility index (Phi) is 6.73. The van der Waals surface area contributed by atoms with Crippen molar-refractivity contribution in [2.75, 3.05) is 0 Å². The van der Waals surface area contributed by atoms with Gasteiger partial charge in [0.2, 0.25) is 0 Å². The van der Waals surface area contributed by atoms with Crippen molar-refractivity contribution in [3.63, 3.8) is 0 Å². The lowest BCUT2D eigenvalue weighted by Crippen LogP contribution is -2.00. The van der Waals surface area contributed by atoms with Gasteiger partial charge in [0.1, 0.15) is 0 Å². The summed E-state index contributed by atoms with van der Waals surface area (Å²) >= 11 is 1.80. The first-order valence-electron chi connectivity index (χ1n) is 17.9. The van der Waals surface area contributed by atoms with Crippen LogP contribution in [0.25, 0.3) is 109 Å². The van der Waals surface area contributed by atoms with Crippen molar-refractivity contribution in [1.82, 2.24) is 15.0 Å². The van der Waals surface area contributed by atoms with Crippen molar-refractivity contribution in [1.29, 1.82) is 0 Å². The summed E-state index contributed by atoms with van der Waals surface area (Å²) in [4.78, 5) is 15.2. The second-order valence-corrected chi connectivity index (χ2v) is 14.6. The number of hydrogen-bond acceptors (Lipinski definition) is 4. The maximum absolute atomic E-state index is 5.11. The monoisotopic (exact) mass is 691 g/mol. The number of aromatic nitrogens is 3. The molecule has 0 radical (unpaired) electrons. The molecule has 0 N–H and O–H groups in total. The van der Waals surface area contributed by atoms with Gasteiger partial charge in [0.05, 0.1) is 0 Å². The quantitative estimate of drug-likeness (QED) is 0.169. The van der Waals surface area contributed by atoms with Crippen LogP contribution in [0, 0.1) is 0 Å². The second kappa shape index (κ2) is 11.9. The van der Waals surface area contributed by atoms with Gasteiger partial charge in [-0.15, -0.1) is 11.3 Å². The third kappa shape index (κ3) is 4.84. The lowest BCUT2D eigenvalue weighted by atomic mass is 9.89. The molecule has 53 heavy (non-hydrogen) atoms. The summed E-state index contributed by atoms with van der Waals surface area (Å²) in [5, 5.41) is 10.3. The van der Waals surface area contributed by atoms with Crippen LogP contribution in [0.3, 0.4) is 0 Å². The molecule has 9 aromatic carbocycles. The zero-order valence-electron chi connectivity index (χ0n) is 28.5. The molecule has 0 spiro atoms. The minimum Gasteiger partial charge on any atom is -0.208 e. The molecule has 11 rings (SSSR count). The summed E-state index contributed by atoms with van der Waals surface area (Å²) in [7, 11) is 0. The van der Waals surface area contributed by atoms with Crippen molar-refractivity contribution in [3.05, 3.63) is 176 Å². The zero-order valence-corrected chi connectivity index (χ0v) is 29.3. The number of thiophene rings is 1. The lowest BCUT2D eigenvalue weighted by Gasteiger charge is -2.15. The lowest BCUT2D eigenvalue weighted by molar-refractivity contribution is 1.08. The molecule has 3 nitrogen and oxygen atoms in total. The zero-order chi connectivity index (χ0) is 34.9.